The van der Waals surface area contributed by atoms with Crippen LogP contribution in [0.1, 0.15) is 32.4 Å². The second kappa shape index (κ2) is 8.19. The molecule has 2 aliphatic rings. The lowest BCUT2D eigenvalue weighted by atomic mass is 9.94. The first kappa shape index (κ1) is 20.8. The first-order valence-electron chi connectivity index (χ1n) is 9.78. The lowest BCUT2D eigenvalue weighted by Gasteiger charge is -2.33. The summed E-state index contributed by atoms with van der Waals surface area (Å²) < 4.78 is 10.9. The highest BCUT2D eigenvalue weighted by atomic mass is 16.5. The molecule has 0 saturated heterocycles. The van der Waals surface area contributed by atoms with Crippen LogP contribution >= 0.6 is 0 Å². The number of ether oxygens (including phenoxy) is 2. The van der Waals surface area contributed by atoms with Crippen LogP contribution in [0.2, 0.25) is 0 Å². The third-order valence-corrected chi connectivity index (χ3v) is 5.77. The number of carbonyl (C=O) groups is 2. The second-order valence-electron chi connectivity index (χ2n) is 7.67. The van der Waals surface area contributed by atoms with Crippen LogP contribution in [-0.2, 0) is 4.79 Å². The first-order valence-corrected chi connectivity index (χ1v) is 9.78. The minimum atomic E-state index is -0.611. The maximum Gasteiger partial charge on any atom is 0.322 e. The smallest absolute Gasteiger partial charge is 0.322 e. The summed E-state index contributed by atoms with van der Waals surface area (Å²) in [5.41, 5.74) is 1.99. The summed E-state index contributed by atoms with van der Waals surface area (Å²) in [6.45, 7) is 10.7. The zero-order valence-corrected chi connectivity index (χ0v) is 17.7. The fraction of sp³-hybridized carbons (Fsp3) is 0.455. The van der Waals surface area contributed by atoms with Crippen LogP contribution in [-0.4, -0.2) is 55.1 Å². The zero-order chi connectivity index (χ0) is 21.3. The molecule has 2 atom stereocenters. The van der Waals surface area contributed by atoms with E-state index in [1.54, 1.807) is 43.4 Å². The summed E-state index contributed by atoms with van der Waals surface area (Å²) in [5, 5.41) is 2.98. The third kappa shape index (κ3) is 3.57. The third-order valence-electron chi connectivity index (χ3n) is 5.77. The number of methoxy groups -OCH3 is 2. The molecular weight excluding hydrogens is 370 g/mol. The van der Waals surface area contributed by atoms with Crippen LogP contribution in [0.5, 0.6) is 11.5 Å². The number of amides is 3. The van der Waals surface area contributed by atoms with Crippen molar-refractivity contribution in [3.63, 3.8) is 0 Å². The van der Waals surface area contributed by atoms with E-state index in [0.29, 0.717) is 41.6 Å². The van der Waals surface area contributed by atoms with E-state index in [2.05, 4.69) is 25.7 Å². The number of hydrogen-bond donors (Lipinski definition) is 1. The molecule has 1 aromatic rings. The molecule has 0 aliphatic carbocycles. The molecule has 156 valence electrons. The normalized spacial score (nSPS) is 20.0. The average molecular weight is 399 g/mol. The molecule has 1 N–H and O–H groups in total. The maximum atomic E-state index is 13.5. The molecule has 0 spiro atoms. The predicted octanol–water partition coefficient (Wildman–Crippen LogP) is 3.10. The highest BCUT2D eigenvalue weighted by molar-refractivity contribution is 6.01. The van der Waals surface area contributed by atoms with Gasteiger partial charge in [-0.05, 0) is 31.0 Å². The summed E-state index contributed by atoms with van der Waals surface area (Å²) in [4.78, 5) is 29.8. The van der Waals surface area contributed by atoms with E-state index >= 15 is 0 Å². The number of rotatable bonds is 7. The van der Waals surface area contributed by atoms with E-state index in [-0.39, 0.29) is 18.0 Å². The Balaban J connectivity index is 2.13. The summed E-state index contributed by atoms with van der Waals surface area (Å²) in [6.07, 6.45) is 1.66. The van der Waals surface area contributed by atoms with Crippen molar-refractivity contribution in [2.75, 3.05) is 27.3 Å². The van der Waals surface area contributed by atoms with Crippen molar-refractivity contribution in [3.8, 4) is 11.5 Å². The van der Waals surface area contributed by atoms with Gasteiger partial charge in [0.05, 0.1) is 38.1 Å². The lowest BCUT2D eigenvalue weighted by Crippen LogP contribution is -2.47. The van der Waals surface area contributed by atoms with Gasteiger partial charge < -0.3 is 19.7 Å². The van der Waals surface area contributed by atoms with Crippen LogP contribution < -0.4 is 14.8 Å². The summed E-state index contributed by atoms with van der Waals surface area (Å²) in [5.74, 6) is 1.44. The number of nitrogens with one attached hydrogen (secondary N) is 1. The molecule has 29 heavy (non-hydrogen) atoms. The molecular formula is C22H29N3O4. The Hall–Kier alpha value is -2.96. The first-order chi connectivity index (χ1) is 13.8. The highest BCUT2D eigenvalue weighted by Crippen LogP contribution is 2.41. The molecule has 0 fully saturated rings. The van der Waals surface area contributed by atoms with Gasteiger partial charge in [0.2, 0.25) is 0 Å². The molecule has 0 bridgehead atoms. The van der Waals surface area contributed by atoms with Crippen molar-refractivity contribution in [3.05, 3.63) is 47.7 Å². The van der Waals surface area contributed by atoms with Crippen molar-refractivity contribution < 1.29 is 19.1 Å². The molecule has 7 nitrogen and oxygen atoms in total. The lowest BCUT2D eigenvalue weighted by molar-refractivity contribution is -0.128. The van der Waals surface area contributed by atoms with Crippen LogP contribution in [0.25, 0.3) is 0 Å². The molecule has 3 amide bonds. The van der Waals surface area contributed by atoms with Gasteiger partial charge in [0.25, 0.3) is 5.91 Å². The van der Waals surface area contributed by atoms with E-state index in [1.165, 1.54) is 0 Å². The number of benzene rings is 1. The fourth-order valence-electron chi connectivity index (χ4n) is 3.82. The predicted molar refractivity (Wildman–Crippen MR) is 111 cm³/mol. The average Bonchev–Trinajstić information content (AvgIpc) is 3.05. The monoisotopic (exact) mass is 399 g/mol. The zero-order valence-electron chi connectivity index (χ0n) is 17.7. The van der Waals surface area contributed by atoms with E-state index < -0.39 is 6.04 Å². The highest BCUT2D eigenvalue weighted by Gasteiger charge is 2.46. The Morgan fingerprint density at radius 3 is 2.55 bits per heavy atom. The number of nitrogens with zero attached hydrogens (tertiary/aromatic N) is 2. The van der Waals surface area contributed by atoms with Crippen molar-refractivity contribution in [1.82, 2.24) is 15.1 Å². The summed E-state index contributed by atoms with van der Waals surface area (Å²) in [7, 11) is 3.15. The number of urea groups is 1. The van der Waals surface area contributed by atoms with Crippen LogP contribution in [0, 0.1) is 5.92 Å². The molecule has 2 aliphatic heterocycles. The van der Waals surface area contributed by atoms with E-state index in [0.717, 1.165) is 5.70 Å². The van der Waals surface area contributed by atoms with Crippen LogP contribution in [0.4, 0.5) is 4.79 Å². The molecule has 7 heteroatoms. The Labute approximate surface area is 171 Å². The molecule has 0 saturated carbocycles. The fourth-order valence-corrected chi connectivity index (χ4v) is 3.82. The summed E-state index contributed by atoms with van der Waals surface area (Å²) in [6, 6.07) is 4.55. The van der Waals surface area contributed by atoms with Gasteiger partial charge in [0.1, 0.15) is 11.5 Å². The summed E-state index contributed by atoms with van der Waals surface area (Å²) >= 11 is 0. The molecule has 0 radical (unpaired) electrons. The van der Waals surface area contributed by atoms with Crippen molar-refractivity contribution in [2.45, 2.75) is 32.9 Å². The Morgan fingerprint density at radius 2 is 1.97 bits per heavy atom. The van der Waals surface area contributed by atoms with Gasteiger partial charge in [-0.25, -0.2) is 4.79 Å². The Bertz CT molecular complexity index is 862. The molecule has 0 unspecified atom stereocenters. The van der Waals surface area contributed by atoms with Gasteiger partial charge in [-0.15, -0.1) is 6.58 Å². The van der Waals surface area contributed by atoms with Gasteiger partial charge in [-0.1, -0.05) is 19.9 Å². The maximum absolute atomic E-state index is 13.5. The van der Waals surface area contributed by atoms with Crippen molar-refractivity contribution >= 4 is 11.9 Å². The largest absolute Gasteiger partial charge is 0.497 e. The van der Waals surface area contributed by atoms with Gasteiger partial charge in [0, 0.05) is 18.2 Å². The van der Waals surface area contributed by atoms with E-state index in [1.807, 2.05) is 11.8 Å². The minimum absolute atomic E-state index is 0.0432. The molecule has 1 aromatic carbocycles. The Kier molecular flexibility index (Phi) is 5.86. The van der Waals surface area contributed by atoms with Gasteiger partial charge in [-0.2, -0.15) is 0 Å². The van der Waals surface area contributed by atoms with Crippen LogP contribution in [0.3, 0.4) is 0 Å². The quantitative estimate of drug-likeness (QED) is 0.716. The van der Waals surface area contributed by atoms with Crippen molar-refractivity contribution in [2.24, 2.45) is 5.92 Å². The molecule has 2 heterocycles. The SMILES string of the molecule is C=CCN1C(=O)N[C@H](c2cc(OC)ccc2OC)C2=C1CN([C@@H](C)C(C)C)C2=O. The van der Waals surface area contributed by atoms with Gasteiger partial charge in [0.15, 0.2) is 0 Å². The topological polar surface area (TPSA) is 71.1 Å². The minimum Gasteiger partial charge on any atom is -0.497 e. The number of hydrogen-bond acceptors (Lipinski definition) is 4. The van der Waals surface area contributed by atoms with E-state index in [4.69, 9.17) is 9.47 Å². The number of carbonyl (C=O) groups excluding carboxylic acids is 2. The van der Waals surface area contributed by atoms with Gasteiger partial charge >= 0.3 is 6.03 Å². The van der Waals surface area contributed by atoms with Crippen LogP contribution in [0.15, 0.2) is 42.1 Å². The second-order valence-corrected chi connectivity index (χ2v) is 7.67. The van der Waals surface area contributed by atoms with E-state index in [9.17, 15) is 9.59 Å². The standard InChI is InChI=1S/C22H29N3O4/c1-7-10-24-17-12-25(14(4)13(2)3)21(26)19(17)20(23-22(24)27)16-11-15(28-5)8-9-18(16)29-6/h7-9,11,13-14,20H,1,10,12H2,2-6H3,(H,23,27)/t14-,20+/m0/s1. The molecule has 0 aromatic heterocycles. The Morgan fingerprint density at radius 1 is 1.24 bits per heavy atom. The molecule has 3 rings (SSSR count). The van der Waals surface area contributed by atoms with Crippen molar-refractivity contribution in [1.29, 1.82) is 0 Å². The van der Waals surface area contributed by atoms with Gasteiger partial charge in [-0.3, -0.25) is 9.69 Å².